The van der Waals surface area contributed by atoms with E-state index in [9.17, 15) is 13.2 Å². The Morgan fingerprint density at radius 3 is 2.16 bits per heavy atom. The SMILES string of the molecule is CC(C)(C)NC(=O)c1ccc(NS(=O)(=O)c2cc(Cl)ccc2Cl)cc1. The molecule has 8 heteroatoms. The van der Waals surface area contributed by atoms with Crippen LogP contribution in [-0.2, 0) is 10.0 Å². The molecule has 0 aliphatic heterocycles. The second-order valence-electron chi connectivity index (χ2n) is 6.46. The van der Waals surface area contributed by atoms with Crippen LogP contribution in [0.2, 0.25) is 10.0 Å². The molecule has 1 amide bonds. The molecule has 5 nitrogen and oxygen atoms in total. The van der Waals surface area contributed by atoms with E-state index in [0.717, 1.165) is 0 Å². The minimum absolute atomic E-state index is 0.0677. The summed E-state index contributed by atoms with van der Waals surface area (Å²) in [6.45, 7) is 5.63. The van der Waals surface area contributed by atoms with Gasteiger partial charge in [0.25, 0.3) is 15.9 Å². The van der Waals surface area contributed by atoms with Gasteiger partial charge in [0.1, 0.15) is 4.90 Å². The van der Waals surface area contributed by atoms with E-state index in [2.05, 4.69) is 10.0 Å². The van der Waals surface area contributed by atoms with Gasteiger partial charge in [0, 0.05) is 21.8 Å². The highest BCUT2D eigenvalue weighted by Crippen LogP contribution is 2.27. The largest absolute Gasteiger partial charge is 0.347 e. The highest BCUT2D eigenvalue weighted by molar-refractivity contribution is 7.92. The number of carbonyl (C=O) groups excluding carboxylic acids is 1. The first-order valence-corrected chi connectivity index (χ1v) is 9.62. The second kappa shape index (κ2) is 7.23. The zero-order chi connectivity index (χ0) is 18.8. The predicted octanol–water partition coefficient (Wildman–Crippen LogP) is 4.32. The van der Waals surface area contributed by atoms with Gasteiger partial charge in [0.15, 0.2) is 0 Å². The maximum Gasteiger partial charge on any atom is 0.263 e. The van der Waals surface area contributed by atoms with E-state index in [1.807, 2.05) is 20.8 Å². The van der Waals surface area contributed by atoms with Gasteiger partial charge in [-0.25, -0.2) is 8.42 Å². The Balaban J connectivity index is 2.21. The van der Waals surface area contributed by atoms with E-state index in [0.29, 0.717) is 11.3 Å². The first-order chi connectivity index (χ1) is 11.5. The van der Waals surface area contributed by atoms with Crippen molar-refractivity contribution in [1.29, 1.82) is 0 Å². The van der Waals surface area contributed by atoms with Gasteiger partial charge < -0.3 is 5.32 Å². The van der Waals surface area contributed by atoms with E-state index in [4.69, 9.17) is 23.2 Å². The highest BCUT2D eigenvalue weighted by Gasteiger charge is 2.19. The summed E-state index contributed by atoms with van der Waals surface area (Å²) in [5.41, 5.74) is 0.378. The van der Waals surface area contributed by atoms with Crippen LogP contribution in [0.5, 0.6) is 0 Å². The lowest BCUT2D eigenvalue weighted by Gasteiger charge is -2.20. The summed E-state index contributed by atoms with van der Waals surface area (Å²) in [6, 6.07) is 10.3. The molecule has 0 spiro atoms. The Kier molecular flexibility index (Phi) is 5.66. The Morgan fingerprint density at radius 2 is 1.60 bits per heavy atom. The fourth-order valence-electron chi connectivity index (χ4n) is 2.00. The molecule has 0 unspecified atom stereocenters. The second-order valence-corrected chi connectivity index (χ2v) is 8.96. The summed E-state index contributed by atoms with van der Waals surface area (Å²) in [6.07, 6.45) is 0. The third-order valence-corrected chi connectivity index (χ3v) is 5.17. The molecule has 0 aliphatic rings. The average Bonchev–Trinajstić information content (AvgIpc) is 2.48. The molecule has 2 N–H and O–H groups in total. The number of halogens is 2. The zero-order valence-corrected chi connectivity index (χ0v) is 16.3. The monoisotopic (exact) mass is 400 g/mol. The van der Waals surface area contributed by atoms with Crippen molar-refractivity contribution in [2.75, 3.05) is 4.72 Å². The fourth-order valence-corrected chi connectivity index (χ4v) is 3.82. The van der Waals surface area contributed by atoms with Crippen LogP contribution >= 0.6 is 23.2 Å². The first kappa shape index (κ1) is 19.6. The third kappa shape index (κ3) is 5.36. The lowest BCUT2D eigenvalue weighted by atomic mass is 10.1. The average molecular weight is 401 g/mol. The van der Waals surface area contributed by atoms with Crippen molar-refractivity contribution in [3.8, 4) is 0 Å². The smallest absolute Gasteiger partial charge is 0.263 e. The van der Waals surface area contributed by atoms with Gasteiger partial charge in [-0.05, 0) is 63.2 Å². The molecule has 2 aromatic carbocycles. The van der Waals surface area contributed by atoms with Crippen LogP contribution in [0, 0.1) is 0 Å². The number of benzene rings is 2. The number of rotatable bonds is 4. The highest BCUT2D eigenvalue weighted by atomic mass is 35.5. The Bertz CT molecular complexity index is 889. The summed E-state index contributed by atoms with van der Waals surface area (Å²) in [5.74, 6) is -0.236. The van der Waals surface area contributed by atoms with Crippen LogP contribution in [0.15, 0.2) is 47.4 Å². The summed E-state index contributed by atoms with van der Waals surface area (Å²) in [5, 5.41) is 3.16. The molecule has 0 atom stereocenters. The molecule has 25 heavy (non-hydrogen) atoms. The van der Waals surface area contributed by atoms with Crippen molar-refractivity contribution in [3.05, 3.63) is 58.1 Å². The maximum absolute atomic E-state index is 12.4. The van der Waals surface area contributed by atoms with Crippen LogP contribution in [0.3, 0.4) is 0 Å². The van der Waals surface area contributed by atoms with Gasteiger partial charge in [-0.15, -0.1) is 0 Å². The molecule has 134 valence electrons. The third-order valence-electron chi connectivity index (χ3n) is 3.07. The number of carbonyl (C=O) groups is 1. The van der Waals surface area contributed by atoms with Gasteiger partial charge in [0.2, 0.25) is 0 Å². The minimum Gasteiger partial charge on any atom is -0.347 e. The van der Waals surface area contributed by atoms with Crippen molar-refractivity contribution < 1.29 is 13.2 Å². The van der Waals surface area contributed by atoms with E-state index in [1.165, 1.54) is 30.3 Å². The topological polar surface area (TPSA) is 75.3 Å². The molecule has 0 fully saturated rings. The molecular weight excluding hydrogens is 383 g/mol. The van der Waals surface area contributed by atoms with E-state index in [1.54, 1.807) is 12.1 Å². The molecule has 0 bridgehead atoms. The molecule has 0 saturated heterocycles. The van der Waals surface area contributed by atoms with Crippen LogP contribution in [0.4, 0.5) is 5.69 Å². The summed E-state index contributed by atoms with van der Waals surface area (Å²) >= 11 is 11.8. The number of amides is 1. The minimum atomic E-state index is -3.90. The summed E-state index contributed by atoms with van der Waals surface area (Å²) in [4.78, 5) is 12.0. The number of hydrogen-bond donors (Lipinski definition) is 2. The molecule has 0 saturated carbocycles. The van der Waals surface area contributed by atoms with E-state index >= 15 is 0 Å². The Labute approximate surface area is 157 Å². The van der Waals surface area contributed by atoms with Crippen molar-refractivity contribution in [3.63, 3.8) is 0 Å². The lowest BCUT2D eigenvalue weighted by Crippen LogP contribution is -2.40. The normalized spacial score (nSPS) is 11.9. The van der Waals surface area contributed by atoms with Gasteiger partial charge in [-0.1, -0.05) is 23.2 Å². The van der Waals surface area contributed by atoms with Crippen LogP contribution in [0.1, 0.15) is 31.1 Å². The predicted molar refractivity (Wildman–Crippen MR) is 101 cm³/mol. The van der Waals surface area contributed by atoms with Gasteiger partial charge in [-0.3, -0.25) is 9.52 Å². The van der Waals surface area contributed by atoms with Crippen LogP contribution in [-0.4, -0.2) is 19.9 Å². The number of anilines is 1. The molecule has 0 heterocycles. The molecule has 0 radical (unpaired) electrons. The van der Waals surface area contributed by atoms with Gasteiger partial charge >= 0.3 is 0 Å². The van der Waals surface area contributed by atoms with Crippen molar-refractivity contribution in [2.24, 2.45) is 0 Å². The number of sulfonamides is 1. The Morgan fingerprint density at radius 1 is 1.00 bits per heavy atom. The first-order valence-electron chi connectivity index (χ1n) is 7.38. The lowest BCUT2D eigenvalue weighted by molar-refractivity contribution is 0.0919. The van der Waals surface area contributed by atoms with Crippen LogP contribution in [0.25, 0.3) is 0 Å². The number of hydrogen-bond acceptors (Lipinski definition) is 3. The molecule has 0 aromatic heterocycles. The fraction of sp³-hybridized carbons (Fsp3) is 0.235. The molecule has 0 aliphatic carbocycles. The van der Waals surface area contributed by atoms with E-state index < -0.39 is 10.0 Å². The zero-order valence-electron chi connectivity index (χ0n) is 13.9. The quantitative estimate of drug-likeness (QED) is 0.801. The standard InChI is InChI=1S/C17H18Cl2N2O3S/c1-17(2,3)20-16(22)11-4-7-13(8-5-11)21-25(23,24)15-10-12(18)6-9-14(15)19/h4-10,21H,1-3H3,(H,20,22). The van der Waals surface area contributed by atoms with Crippen molar-refractivity contribution in [1.82, 2.24) is 5.32 Å². The maximum atomic E-state index is 12.4. The molecule has 2 aromatic rings. The number of nitrogens with one attached hydrogen (secondary N) is 2. The van der Waals surface area contributed by atoms with Gasteiger partial charge in [0.05, 0.1) is 5.02 Å². The van der Waals surface area contributed by atoms with Crippen molar-refractivity contribution in [2.45, 2.75) is 31.2 Å². The summed E-state index contributed by atoms with van der Waals surface area (Å²) in [7, 11) is -3.90. The van der Waals surface area contributed by atoms with Gasteiger partial charge in [-0.2, -0.15) is 0 Å². The van der Waals surface area contributed by atoms with E-state index in [-0.39, 0.29) is 26.4 Å². The summed E-state index contributed by atoms with van der Waals surface area (Å²) < 4.78 is 27.3. The van der Waals surface area contributed by atoms with Crippen molar-refractivity contribution >= 4 is 44.8 Å². The molecule has 2 rings (SSSR count). The Hall–Kier alpha value is -1.76. The molecular formula is C17H18Cl2N2O3S. The van der Waals surface area contributed by atoms with Crippen LogP contribution < -0.4 is 10.0 Å².